The lowest BCUT2D eigenvalue weighted by Gasteiger charge is -2.35. The Bertz CT molecular complexity index is 830. The number of carboxylic acid groups (broad SMARTS) is 1. The van der Waals surface area contributed by atoms with E-state index in [-0.39, 0.29) is 42.0 Å². The van der Waals surface area contributed by atoms with E-state index in [9.17, 15) is 23.2 Å². The number of amides is 2. The molecule has 1 aromatic rings. The zero-order valence-corrected chi connectivity index (χ0v) is 20.0. The van der Waals surface area contributed by atoms with Crippen molar-refractivity contribution in [3.05, 3.63) is 23.8 Å². The first-order valence-corrected chi connectivity index (χ1v) is 14.3. The third kappa shape index (κ3) is 6.83. The SMILES string of the molecule is CN(C(=O)CCCC(=O)O)C(C(=O)Nc1cc(F)c([Si](C)(C)C)c(F)c1)C1CCOCC1. The van der Waals surface area contributed by atoms with Crippen molar-refractivity contribution in [1.82, 2.24) is 4.90 Å². The summed E-state index contributed by atoms with van der Waals surface area (Å²) in [6.07, 6.45) is 1.12. The van der Waals surface area contributed by atoms with Crippen LogP contribution in [0, 0.1) is 17.6 Å². The molecule has 1 unspecified atom stereocenters. The van der Waals surface area contributed by atoms with Crippen LogP contribution in [0.4, 0.5) is 14.5 Å². The number of halogens is 2. The molecule has 32 heavy (non-hydrogen) atoms. The van der Waals surface area contributed by atoms with E-state index in [0.717, 1.165) is 12.1 Å². The van der Waals surface area contributed by atoms with Crippen molar-refractivity contribution in [3.8, 4) is 0 Å². The van der Waals surface area contributed by atoms with Crippen molar-refractivity contribution in [2.75, 3.05) is 25.6 Å². The molecule has 7 nitrogen and oxygen atoms in total. The average molecular weight is 471 g/mol. The van der Waals surface area contributed by atoms with Gasteiger partial charge in [0.25, 0.3) is 0 Å². The van der Waals surface area contributed by atoms with Gasteiger partial charge < -0.3 is 20.1 Å². The Labute approximate surface area is 188 Å². The van der Waals surface area contributed by atoms with E-state index in [0.29, 0.717) is 26.1 Å². The average Bonchev–Trinajstić information content (AvgIpc) is 2.66. The number of nitrogens with zero attached hydrogens (tertiary/aromatic N) is 1. The van der Waals surface area contributed by atoms with Crippen LogP contribution in [0.25, 0.3) is 0 Å². The minimum Gasteiger partial charge on any atom is -0.481 e. The fraction of sp³-hybridized carbons (Fsp3) is 0.591. The van der Waals surface area contributed by atoms with Gasteiger partial charge in [0, 0.05) is 44.0 Å². The van der Waals surface area contributed by atoms with Crippen LogP contribution in [0.5, 0.6) is 0 Å². The highest BCUT2D eigenvalue weighted by atomic mass is 28.3. The van der Waals surface area contributed by atoms with Gasteiger partial charge in [-0.05, 0) is 37.3 Å². The van der Waals surface area contributed by atoms with Crippen molar-refractivity contribution >= 4 is 36.7 Å². The summed E-state index contributed by atoms with van der Waals surface area (Å²) in [6.45, 7) is 6.39. The minimum atomic E-state index is -2.26. The van der Waals surface area contributed by atoms with E-state index >= 15 is 0 Å². The lowest BCUT2D eigenvalue weighted by molar-refractivity contribution is -0.141. The van der Waals surface area contributed by atoms with Gasteiger partial charge >= 0.3 is 5.97 Å². The van der Waals surface area contributed by atoms with Crippen molar-refractivity contribution in [3.63, 3.8) is 0 Å². The lowest BCUT2D eigenvalue weighted by atomic mass is 9.89. The summed E-state index contributed by atoms with van der Waals surface area (Å²) in [7, 11) is -0.761. The number of carboxylic acids is 1. The summed E-state index contributed by atoms with van der Waals surface area (Å²) < 4.78 is 34.6. The number of ether oxygens (including phenoxy) is 1. The largest absolute Gasteiger partial charge is 0.481 e. The van der Waals surface area contributed by atoms with E-state index in [1.165, 1.54) is 11.9 Å². The van der Waals surface area contributed by atoms with E-state index in [2.05, 4.69) is 5.32 Å². The van der Waals surface area contributed by atoms with E-state index < -0.39 is 37.6 Å². The van der Waals surface area contributed by atoms with Gasteiger partial charge in [0.05, 0.1) is 8.07 Å². The predicted octanol–water partition coefficient (Wildman–Crippen LogP) is 2.96. The molecule has 1 atom stereocenters. The molecule has 1 heterocycles. The topological polar surface area (TPSA) is 95.9 Å². The predicted molar refractivity (Wildman–Crippen MR) is 120 cm³/mol. The Morgan fingerprint density at radius 1 is 1.16 bits per heavy atom. The second-order valence-electron chi connectivity index (χ2n) is 9.20. The van der Waals surface area contributed by atoms with Gasteiger partial charge in [0.15, 0.2) is 0 Å². The molecule has 0 aliphatic carbocycles. The summed E-state index contributed by atoms with van der Waals surface area (Å²) in [5, 5.41) is 11.4. The number of hydrogen-bond acceptors (Lipinski definition) is 4. The number of hydrogen-bond donors (Lipinski definition) is 2. The van der Waals surface area contributed by atoms with Crippen LogP contribution >= 0.6 is 0 Å². The Hall–Kier alpha value is -2.33. The number of rotatable bonds is 9. The van der Waals surface area contributed by atoms with Crippen LogP contribution in [-0.4, -0.2) is 62.2 Å². The van der Waals surface area contributed by atoms with E-state index in [1.807, 2.05) is 19.6 Å². The van der Waals surface area contributed by atoms with Gasteiger partial charge in [-0.15, -0.1) is 0 Å². The number of aliphatic carboxylic acids is 1. The molecule has 0 spiro atoms. The normalized spacial score (nSPS) is 15.8. The van der Waals surface area contributed by atoms with Crippen molar-refractivity contribution in [2.45, 2.75) is 57.8 Å². The molecule has 2 amide bonds. The number of nitrogens with one attached hydrogen (secondary N) is 1. The van der Waals surface area contributed by atoms with Crippen LogP contribution in [0.3, 0.4) is 0 Å². The quantitative estimate of drug-likeness (QED) is 0.541. The highest BCUT2D eigenvalue weighted by molar-refractivity contribution is 6.88. The van der Waals surface area contributed by atoms with Crippen molar-refractivity contribution in [2.24, 2.45) is 5.92 Å². The summed E-state index contributed by atoms with van der Waals surface area (Å²) in [5.41, 5.74) is -0.00390. The fourth-order valence-electron chi connectivity index (χ4n) is 4.04. The van der Waals surface area contributed by atoms with Crippen molar-refractivity contribution in [1.29, 1.82) is 0 Å². The molecule has 0 saturated carbocycles. The Morgan fingerprint density at radius 3 is 2.22 bits per heavy atom. The molecule has 1 fully saturated rings. The molecular weight excluding hydrogens is 438 g/mol. The zero-order valence-electron chi connectivity index (χ0n) is 19.0. The van der Waals surface area contributed by atoms with Gasteiger partial charge in [-0.1, -0.05) is 19.6 Å². The summed E-state index contributed by atoms with van der Waals surface area (Å²) >= 11 is 0. The standard InChI is InChI=1S/C22H32F2N2O5Si/c1-26(18(27)6-5-7-19(28)29)20(14-8-10-31-11-9-14)22(30)25-15-12-16(23)21(17(24)13-15)32(2,3)4/h12-14,20H,5-11H2,1-4H3,(H,25,30)(H,28,29). The zero-order chi connectivity index (χ0) is 24.1. The molecule has 10 heteroatoms. The highest BCUT2D eigenvalue weighted by Gasteiger charge is 2.36. The molecule has 0 radical (unpaired) electrons. The number of carbonyl (C=O) groups is 3. The second-order valence-corrected chi connectivity index (χ2v) is 14.2. The second kappa shape index (κ2) is 11.0. The van der Waals surface area contributed by atoms with Crippen LogP contribution in [-0.2, 0) is 19.1 Å². The van der Waals surface area contributed by atoms with Crippen LogP contribution < -0.4 is 10.5 Å². The smallest absolute Gasteiger partial charge is 0.303 e. The molecule has 1 aliphatic rings. The van der Waals surface area contributed by atoms with E-state index in [1.54, 1.807) is 0 Å². The van der Waals surface area contributed by atoms with Gasteiger partial charge in [-0.25, -0.2) is 8.78 Å². The molecule has 0 aromatic heterocycles. The number of carbonyl (C=O) groups excluding carboxylic acids is 2. The van der Waals surface area contributed by atoms with E-state index in [4.69, 9.17) is 9.84 Å². The lowest BCUT2D eigenvalue weighted by Crippen LogP contribution is -2.50. The molecule has 1 aromatic carbocycles. The molecule has 178 valence electrons. The molecular formula is C22H32F2N2O5Si. The number of likely N-dealkylation sites (N-methyl/N-ethyl adjacent to an activating group) is 1. The third-order valence-electron chi connectivity index (χ3n) is 5.63. The van der Waals surface area contributed by atoms with Gasteiger partial charge in [-0.3, -0.25) is 14.4 Å². The summed E-state index contributed by atoms with van der Waals surface area (Å²) in [5.74, 6) is -3.46. The summed E-state index contributed by atoms with van der Waals surface area (Å²) in [4.78, 5) is 37.8. The molecule has 2 N–H and O–H groups in total. The molecule has 0 bridgehead atoms. The fourth-order valence-corrected chi connectivity index (χ4v) is 5.62. The van der Waals surface area contributed by atoms with Crippen LogP contribution in [0.1, 0.15) is 32.1 Å². The van der Waals surface area contributed by atoms with Gasteiger partial charge in [-0.2, -0.15) is 0 Å². The van der Waals surface area contributed by atoms with Crippen LogP contribution in [0.2, 0.25) is 19.6 Å². The maximum absolute atomic E-state index is 14.6. The van der Waals surface area contributed by atoms with Crippen LogP contribution in [0.15, 0.2) is 12.1 Å². The Balaban J connectivity index is 2.23. The summed E-state index contributed by atoms with van der Waals surface area (Å²) in [6, 6.07) is 1.37. The first-order chi connectivity index (χ1) is 14.9. The van der Waals surface area contributed by atoms with Crippen molar-refractivity contribution < 1.29 is 33.0 Å². The molecule has 2 rings (SSSR count). The maximum atomic E-state index is 14.6. The molecule has 1 aliphatic heterocycles. The monoisotopic (exact) mass is 470 g/mol. The number of benzene rings is 1. The first kappa shape index (κ1) is 25.9. The first-order valence-electron chi connectivity index (χ1n) is 10.8. The minimum absolute atomic E-state index is 0.00390. The van der Waals surface area contributed by atoms with Gasteiger partial charge in [0.2, 0.25) is 11.8 Å². The third-order valence-corrected chi connectivity index (χ3v) is 7.61. The Morgan fingerprint density at radius 2 is 1.72 bits per heavy atom. The maximum Gasteiger partial charge on any atom is 0.303 e. The van der Waals surface area contributed by atoms with Gasteiger partial charge in [0.1, 0.15) is 17.7 Å². The molecule has 1 saturated heterocycles. The number of anilines is 1. The highest BCUT2D eigenvalue weighted by Crippen LogP contribution is 2.25. The Kier molecular flexibility index (Phi) is 8.91.